The molecule has 0 aromatic carbocycles. The smallest absolute Gasteiger partial charge is 0.108 e. The van der Waals surface area contributed by atoms with Gasteiger partial charge in [0.15, 0.2) is 0 Å². The fourth-order valence-electron chi connectivity index (χ4n) is 3.16. The van der Waals surface area contributed by atoms with Crippen molar-refractivity contribution < 1.29 is 4.74 Å². The van der Waals surface area contributed by atoms with Gasteiger partial charge in [0.05, 0.1) is 6.10 Å². The molecule has 2 atom stereocenters. The van der Waals surface area contributed by atoms with Crippen LogP contribution in [0.4, 0.5) is 0 Å². The van der Waals surface area contributed by atoms with Crippen molar-refractivity contribution in [3.05, 3.63) is 0 Å². The Morgan fingerprint density at radius 1 is 1.06 bits per heavy atom. The molecule has 1 heterocycles. The van der Waals surface area contributed by atoms with E-state index in [-0.39, 0.29) is 0 Å². The molecule has 0 spiro atoms. The first kappa shape index (κ1) is 14.3. The summed E-state index contributed by atoms with van der Waals surface area (Å²) in [5.74, 6) is 0.906. The van der Waals surface area contributed by atoms with Crippen molar-refractivity contribution in [1.29, 1.82) is 0 Å². The van der Waals surface area contributed by atoms with Gasteiger partial charge < -0.3 is 10.1 Å². The van der Waals surface area contributed by atoms with Gasteiger partial charge in [0.2, 0.25) is 0 Å². The second-order valence-corrected chi connectivity index (χ2v) is 6.51. The Balaban J connectivity index is 1.64. The maximum Gasteiger partial charge on any atom is 0.108 e. The minimum Gasteiger partial charge on any atom is -0.360 e. The summed E-state index contributed by atoms with van der Waals surface area (Å²) in [6.07, 6.45) is 8.39. The van der Waals surface area contributed by atoms with E-state index in [0.29, 0.717) is 24.4 Å². The lowest BCUT2D eigenvalue weighted by Gasteiger charge is -2.35. The van der Waals surface area contributed by atoms with Crippen LogP contribution in [0.25, 0.3) is 0 Å². The minimum absolute atomic E-state index is 0.300. The molecule has 1 saturated heterocycles. The summed E-state index contributed by atoms with van der Waals surface area (Å²) in [4.78, 5) is 0. The average molecular weight is 254 g/mol. The quantitative estimate of drug-likeness (QED) is 0.809. The van der Waals surface area contributed by atoms with Gasteiger partial charge in [0, 0.05) is 18.6 Å². The molecule has 0 bridgehead atoms. The van der Waals surface area contributed by atoms with Gasteiger partial charge in [-0.25, -0.2) is 0 Å². The Labute approximate surface area is 112 Å². The third-order valence-corrected chi connectivity index (χ3v) is 4.26. The number of hydrogen-bond acceptors (Lipinski definition) is 3. The lowest BCUT2D eigenvalue weighted by molar-refractivity contribution is -0.0644. The zero-order chi connectivity index (χ0) is 13.0. The molecule has 1 aliphatic heterocycles. The second-order valence-electron chi connectivity index (χ2n) is 6.51. The van der Waals surface area contributed by atoms with Gasteiger partial charge in [-0.3, -0.25) is 5.32 Å². The van der Waals surface area contributed by atoms with E-state index in [0.717, 1.165) is 18.9 Å². The van der Waals surface area contributed by atoms with Crippen LogP contribution in [0.15, 0.2) is 0 Å². The zero-order valence-electron chi connectivity index (χ0n) is 12.2. The first-order chi connectivity index (χ1) is 8.63. The second kappa shape index (κ2) is 6.88. The molecule has 1 saturated carbocycles. The first-order valence-electron chi connectivity index (χ1n) is 7.78. The lowest BCUT2D eigenvalue weighted by atomic mass is 9.89. The maximum atomic E-state index is 6.19. The molecular formula is C15H30N2O. The van der Waals surface area contributed by atoms with Gasteiger partial charge in [-0.2, -0.15) is 0 Å². The topological polar surface area (TPSA) is 33.3 Å². The van der Waals surface area contributed by atoms with Gasteiger partial charge in [-0.15, -0.1) is 0 Å². The number of piperidine rings is 1. The van der Waals surface area contributed by atoms with Gasteiger partial charge in [-0.1, -0.05) is 20.8 Å². The third kappa shape index (κ3) is 4.52. The Morgan fingerprint density at radius 3 is 2.33 bits per heavy atom. The van der Waals surface area contributed by atoms with Gasteiger partial charge >= 0.3 is 0 Å². The highest BCUT2D eigenvalue weighted by molar-refractivity contribution is 4.80. The summed E-state index contributed by atoms with van der Waals surface area (Å²) in [5.41, 5.74) is 0. The van der Waals surface area contributed by atoms with Gasteiger partial charge in [-0.05, 0) is 44.4 Å². The first-order valence-corrected chi connectivity index (χ1v) is 7.78. The molecule has 1 aliphatic carbocycles. The molecule has 2 fully saturated rings. The molecule has 0 amide bonds. The predicted octanol–water partition coefficient (Wildman–Crippen LogP) is 2.66. The fourth-order valence-corrected chi connectivity index (χ4v) is 3.16. The molecule has 0 aromatic rings. The monoisotopic (exact) mass is 254 g/mol. The predicted molar refractivity (Wildman–Crippen MR) is 75.6 cm³/mol. The van der Waals surface area contributed by atoms with Crippen LogP contribution in [0.2, 0.25) is 0 Å². The van der Waals surface area contributed by atoms with Crippen molar-refractivity contribution >= 4 is 0 Å². The van der Waals surface area contributed by atoms with Crippen molar-refractivity contribution in [2.75, 3.05) is 6.54 Å². The summed E-state index contributed by atoms with van der Waals surface area (Å²) >= 11 is 0. The van der Waals surface area contributed by atoms with Crippen LogP contribution in [0, 0.1) is 5.92 Å². The van der Waals surface area contributed by atoms with Crippen LogP contribution >= 0.6 is 0 Å². The van der Waals surface area contributed by atoms with E-state index in [1.54, 1.807) is 0 Å². The summed E-state index contributed by atoms with van der Waals surface area (Å²) in [5, 5.41) is 7.14. The van der Waals surface area contributed by atoms with E-state index in [4.69, 9.17) is 4.74 Å². The van der Waals surface area contributed by atoms with Crippen molar-refractivity contribution in [2.45, 2.75) is 83.7 Å². The Hall–Kier alpha value is -0.120. The molecule has 3 nitrogen and oxygen atoms in total. The van der Waals surface area contributed by atoms with Crippen LogP contribution in [-0.2, 0) is 4.74 Å². The summed E-state index contributed by atoms with van der Waals surface area (Å²) in [6.45, 7) is 7.83. The highest BCUT2D eigenvalue weighted by Crippen LogP contribution is 2.27. The molecule has 3 heteroatoms. The van der Waals surface area contributed by atoms with E-state index in [2.05, 4.69) is 31.4 Å². The maximum absolute atomic E-state index is 6.19. The number of hydrogen-bond donors (Lipinski definition) is 2. The SMILES string of the molecule is CC1CCC(OC2CCC(NC(C)C)CN2)CC1. The van der Waals surface area contributed by atoms with E-state index in [1.807, 2.05) is 0 Å². The van der Waals surface area contributed by atoms with Crippen molar-refractivity contribution in [2.24, 2.45) is 5.92 Å². The van der Waals surface area contributed by atoms with Crippen LogP contribution in [0.1, 0.15) is 59.3 Å². The van der Waals surface area contributed by atoms with Crippen molar-refractivity contribution in [1.82, 2.24) is 10.6 Å². The van der Waals surface area contributed by atoms with E-state index in [1.165, 1.54) is 32.1 Å². The Morgan fingerprint density at radius 2 is 1.78 bits per heavy atom. The molecule has 18 heavy (non-hydrogen) atoms. The molecule has 2 rings (SSSR count). The van der Waals surface area contributed by atoms with Crippen molar-refractivity contribution in [3.63, 3.8) is 0 Å². The number of rotatable bonds is 4. The highest BCUT2D eigenvalue weighted by Gasteiger charge is 2.25. The molecular weight excluding hydrogens is 224 g/mol. The molecule has 0 radical (unpaired) electrons. The van der Waals surface area contributed by atoms with Gasteiger partial charge in [0.1, 0.15) is 6.23 Å². The van der Waals surface area contributed by atoms with Crippen LogP contribution in [-0.4, -0.2) is 31.0 Å². The minimum atomic E-state index is 0.300. The molecule has 0 aromatic heterocycles. The third-order valence-electron chi connectivity index (χ3n) is 4.26. The van der Waals surface area contributed by atoms with E-state index >= 15 is 0 Å². The van der Waals surface area contributed by atoms with Crippen LogP contribution < -0.4 is 10.6 Å². The highest BCUT2D eigenvalue weighted by atomic mass is 16.5. The summed E-state index contributed by atoms with van der Waals surface area (Å²) in [6, 6.07) is 1.20. The average Bonchev–Trinajstić information content (AvgIpc) is 2.34. The Bertz CT molecular complexity index is 229. The summed E-state index contributed by atoms with van der Waals surface area (Å²) < 4.78 is 6.19. The molecule has 106 valence electrons. The standard InChI is InChI=1S/C15H30N2O/c1-11(2)17-13-6-9-15(16-10-13)18-14-7-4-12(3)5-8-14/h11-17H,4-10H2,1-3H3. The normalized spacial score (nSPS) is 38.0. The van der Waals surface area contributed by atoms with Crippen LogP contribution in [0.5, 0.6) is 0 Å². The van der Waals surface area contributed by atoms with E-state index in [9.17, 15) is 0 Å². The van der Waals surface area contributed by atoms with Crippen LogP contribution in [0.3, 0.4) is 0 Å². The zero-order valence-corrected chi connectivity index (χ0v) is 12.2. The molecule has 2 unspecified atom stereocenters. The van der Waals surface area contributed by atoms with E-state index < -0.39 is 0 Å². The van der Waals surface area contributed by atoms with Crippen molar-refractivity contribution in [3.8, 4) is 0 Å². The van der Waals surface area contributed by atoms with Gasteiger partial charge in [0.25, 0.3) is 0 Å². The fraction of sp³-hybridized carbons (Fsp3) is 1.00. The largest absolute Gasteiger partial charge is 0.360 e. The number of nitrogens with one attached hydrogen (secondary N) is 2. The lowest BCUT2D eigenvalue weighted by Crippen LogP contribution is -2.51. The molecule has 2 aliphatic rings. The summed E-state index contributed by atoms with van der Waals surface area (Å²) in [7, 11) is 0. The molecule has 2 N–H and O–H groups in total. The Kier molecular flexibility index (Phi) is 5.46. The number of ether oxygens (including phenoxy) is 1.